The lowest BCUT2D eigenvalue weighted by atomic mass is 10.2. The number of hydrogen-bond donors (Lipinski definition) is 2. The number of rotatable bonds is 10. The molecule has 2 N–H and O–H groups in total. The molecule has 0 aromatic heterocycles. The predicted octanol–water partition coefficient (Wildman–Crippen LogP) is 2.42. The zero-order chi connectivity index (χ0) is 17.7. The van der Waals surface area contributed by atoms with Crippen LogP contribution in [0.3, 0.4) is 0 Å². The Kier molecular flexibility index (Phi) is 9.69. The molecule has 0 aliphatic carbocycles. The Hall–Kier alpha value is -1.31. The van der Waals surface area contributed by atoms with E-state index in [0.717, 1.165) is 63.0 Å². The summed E-state index contributed by atoms with van der Waals surface area (Å²) in [7, 11) is 1.76. The predicted molar refractivity (Wildman–Crippen MR) is 102 cm³/mol. The maximum Gasteiger partial charge on any atom is 0.191 e. The molecule has 25 heavy (non-hydrogen) atoms. The maximum atomic E-state index is 13.5. The molecule has 1 atom stereocenters. The van der Waals surface area contributed by atoms with Gasteiger partial charge in [0.25, 0.3) is 0 Å². The van der Waals surface area contributed by atoms with E-state index in [1.807, 2.05) is 12.1 Å². The van der Waals surface area contributed by atoms with Gasteiger partial charge in [0.15, 0.2) is 5.96 Å². The van der Waals surface area contributed by atoms with Gasteiger partial charge in [-0.15, -0.1) is 0 Å². The number of halogens is 1. The lowest BCUT2D eigenvalue weighted by molar-refractivity contribution is 0.0420. The van der Waals surface area contributed by atoms with E-state index in [1.165, 1.54) is 6.07 Å². The fourth-order valence-electron chi connectivity index (χ4n) is 2.43. The van der Waals surface area contributed by atoms with Crippen molar-refractivity contribution < 1.29 is 13.9 Å². The van der Waals surface area contributed by atoms with Crippen molar-refractivity contribution in [3.63, 3.8) is 0 Å². The molecular weight excluding hydrogens is 341 g/mol. The van der Waals surface area contributed by atoms with Crippen molar-refractivity contribution in [2.75, 3.05) is 45.7 Å². The number of thioether (sulfide) groups is 1. The van der Waals surface area contributed by atoms with Crippen LogP contribution in [0.4, 0.5) is 4.39 Å². The summed E-state index contributed by atoms with van der Waals surface area (Å²) in [6.07, 6.45) is 2.20. The fourth-order valence-corrected chi connectivity index (χ4v) is 3.28. The van der Waals surface area contributed by atoms with Gasteiger partial charge in [0.05, 0.1) is 12.7 Å². The number of nitrogens with zero attached hydrogens (tertiary/aromatic N) is 1. The van der Waals surface area contributed by atoms with Crippen molar-refractivity contribution in [3.05, 3.63) is 35.6 Å². The molecule has 2 rings (SSSR count). The van der Waals surface area contributed by atoms with Gasteiger partial charge in [-0.25, -0.2) is 4.39 Å². The molecule has 1 aliphatic heterocycles. The minimum Gasteiger partial charge on any atom is -0.379 e. The van der Waals surface area contributed by atoms with Gasteiger partial charge in [-0.05, 0) is 24.5 Å². The van der Waals surface area contributed by atoms with Crippen LogP contribution in [-0.4, -0.2) is 57.8 Å². The van der Waals surface area contributed by atoms with Crippen LogP contribution in [0, 0.1) is 5.82 Å². The molecule has 0 radical (unpaired) electrons. The molecule has 0 bridgehead atoms. The van der Waals surface area contributed by atoms with Crippen molar-refractivity contribution in [2.45, 2.75) is 24.7 Å². The monoisotopic (exact) mass is 369 g/mol. The molecule has 0 spiro atoms. The average molecular weight is 370 g/mol. The van der Waals surface area contributed by atoms with E-state index in [-0.39, 0.29) is 11.9 Å². The van der Waals surface area contributed by atoms with Crippen molar-refractivity contribution in [1.29, 1.82) is 0 Å². The second-order valence-electron chi connectivity index (χ2n) is 5.78. The van der Waals surface area contributed by atoms with E-state index >= 15 is 0 Å². The Labute approximate surface area is 153 Å². The van der Waals surface area contributed by atoms with Gasteiger partial charge >= 0.3 is 0 Å². The highest BCUT2D eigenvalue weighted by molar-refractivity contribution is 7.98. The molecule has 0 saturated carbocycles. The first-order chi connectivity index (χ1) is 12.3. The second kappa shape index (κ2) is 12.1. The van der Waals surface area contributed by atoms with Gasteiger partial charge in [-0.2, -0.15) is 11.8 Å². The number of aliphatic imine (C=N–C) groups is 1. The summed E-state index contributed by atoms with van der Waals surface area (Å²) in [5.74, 6) is 2.23. The number of ether oxygens (including phenoxy) is 2. The molecule has 1 aromatic carbocycles. The lowest BCUT2D eigenvalue weighted by Crippen LogP contribution is -2.39. The molecule has 1 heterocycles. The standard InChI is InChI=1S/C18H28FN3O2S/c1-20-18(21-8-4-10-24-16-7-11-23-13-16)22-9-12-25-14-15-5-2-3-6-17(15)19/h2-3,5-6,16H,4,7-14H2,1H3,(H2,20,21,22). The maximum absolute atomic E-state index is 13.5. The van der Waals surface area contributed by atoms with Crippen LogP contribution in [0.25, 0.3) is 0 Å². The molecule has 1 aliphatic rings. The molecule has 1 aromatic rings. The summed E-state index contributed by atoms with van der Waals surface area (Å²) >= 11 is 1.70. The Balaban J connectivity index is 1.48. The summed E-state index contributed by atoms with van der Waals surface area (Å²) in [6.45, 7) is 3.87. The Morgan fingerprint density at radius 3 is 2.96 bits per heavy atom. The van der Waals surface area contributed by atoms with Crippen molar-refractivity contribution in [3.8, 4) is 0 Å². The average Bonchev–Trinajstić information content (AvgIpc) is 3.14. The Bertz CT molecular complexity index is 525. The summed E-state index contributed by atoms with van der Waals surface area (Å²) in [5, 5.41) is 6.54. The van der Waals surface area contributed by atoms with Crippen molar-refractivity contribution in [1.82, 2.24) is 10.6 Å². The van der Waals surface area contributed by atoms with Crippen LogP contribution in [0.15, 0.2) is 29.3 Å². The first-order valence-electron chi connectivity index (χ1n) is 8.74. The van der Waals surface area contributed by atoms with Crippen molar-refractivity contribution in [2.24, 2.45) is 4.99 Å². The minimum atomic E-state index is -0.133. The Morgan fingerprint density at radius 2 is 2.20 bits per heavy atom. The van der Waals surface area contributed by atoms with Crippen LogP contribution < -0.4 is 10.6 Å². The van der Waals surface area contributed by atoms with Gasteiger partial charge < -0.3 is 20.1 Å². The second-order valence-corrected chi connectivity index (χ2v) is 6.88. The SMILES string of the molecule is CN=C(NCCCOC1CCOC1)NCCSCc1ccccc1F. The first kappa shape index (κ1) is 20.0. The largest absolute Gasteiger partial charge is 0.379 e. The summed E-state index contributed by atoms with van der Waals surface area (Å²) in [4.78, 5) is 4.20. The number of guanidine groups is 1. The molecule has 1 saturated heterocycles. The lowest BCUT2D eigenvalue weighted by Gasteiger charge is -2.13. The fraction of sp³-hybridized carbons (Fsp3) is 0.611. The summed E-state index contributed by atoms with van der Waals surface area (Å²) in [5.41, 5.74) is 0.752. The topological polar surface area (TPSA) is 54.9 Å². The van der Waals surface area contributed by atoms with E-state index in [1.54, 1.807) is 24.9 Å². The Morgan fingerprint density at radius 1 is 1.36 bits per heavy atom. The van der Waals surface area contributed by atoms with Crippen molar-refractivity contribution >= 4 is 17.7 Å². The molecule has 140 valence electrons. The minimum absolute atomic E-state index is 0.133. The zero-order valence-electron chi connectivity index (χ0n) is 14.8. The smallest absolute Gasteiger partial charge is 0.191 e. The van der Waals surface area contributed by atoms with Crippen LogP contribution in [0.2, 0.25) is 0 Å². The van der Waals surface area contributed by atoms with Crippen LogP contribution in [0.5, 0.6) is 0 Å². The van der Waals surface area contributed by atoms with E-state index in [9.17, 15) is 4.39 Å². The zero-order valence-corrected chi connectivity index (χ0v) is 15.6. The summed E-state index contributed by atoms with van der Waals surface area (Å²) in [6, 6.07) is 6.92. The molecule has 1 unspecified atom stereocenters. The third-order valence-electron chi connectivity index (χ3n) is 3.83. The summed E-state index contributed by atoms with van der Waals surface area (Å²) < 4.78 is 24.5. The number of nitrogens with one attached hydrogen (secondary N) is 2. The first-order valence-corrected chi connectivity index (χ1v) is 9.90. The highest BCUT2D eigenvalue weighted by Crippen LogP contribution is 2.14. The van der Waals surface area contributed by atoms with Gasteiger partial charge in [0.1, 0.15) is 5.82 Å². The third kappa shape index (κ3) is 8.07. The van der Waals surface area contributed by atoms with E-state index in [0.29, 0.717) is 5.75 Å². The van der Waals surface area contributed by atoms with E-state index in [2.05, 4.69) is 15.6 Å². The van der Waals surface area contributed by atoms with Crippen LogP contribution in [0.1, 0.15) is 18.4 Å². The quantitative estimate of drug-likeness (QED) is 0.377. The molecular formula is C18H28FN3O2S. The van der Waals surface area contributed by atoms with E-state index in [4.69, 9.17) is 9.47 Å². The number of hydrogen-bond acceptors (Lipinski definition) is 4. The van der Waals surface area contributed by atoms with E-state index < -0.39 is 0 Å². The molecule has 5 nitrogen and oxygen atoms in total. The van der Waals surface area contributed by atoms with Gasteiger partial charge in [0, 0.05) is 44.9 Å². The van der Waals surface area contributed by atoms with Crippen LogP contribution >= 0.6 is 11.8 Å². The van der Waals surface area contributed by atoms with Gasteiger partial charge in [-0.1, -0.05) is 18.2 Å². The van der Waals surface area contributed by atoms with Gasteiger partial charge in [-0.3, -0.25) is 4.99 Å². The highest BCUT2D eigenvalue weighted by atomic mass is 32.2. The molecule has 7 heteroatoms. The normalized spacial score (nSPS) is 17.7. The third-order valence-corrected chi connectivity index (χ3v) is 4.84. The molecule has 1 fully saturated rings. The highest BCUT2D eigenvalue weighted by Gasteiger charge is 2.15. The number of benzene rings is 1. The molecule has 0 amide bonds. The van der Waals surface area contributed by atoms with Crippen LogP contribution in [-0.2, 0) is 15.2 Å². The van der Waals surface area contributed by atoms with Gasteiger partial charge in [0.2, 0.25) is 0 Å².